The van der Waals surface area contributed by atoms with Crippen molar-refractivity contribution in [2.24, 2.45) is 0 Å². The highest BCUT2D eigenvalue weighted by Gasteiger charge is 2.32. The van der Waals surface area contributed by atoms with Gasteiger partial charge in [0.15, 0.2) is 6.10 Å². The van der Waals surface area contributed by atoms with E-state index in [1.165, 1.54) is 7.11 Å². The Morgan fingerprint density at radius 3 is 1.93 bits per heavy atom. The van der Waals surface area contributed by atoms with Crippen molar-refractivity contribution >= 4 is 17.8 Å². The lowest BCUT2D eigenvalue weighted by molar-refractivity contribution is -0.146. The maximum absolute atomic E-state index is 13.2. The van der Waals surface area contributed by atoms with Gasteiger partial charge >= 0.3 is 5.97 Å². The molecule has 210 valence electrons. The van der Waals surface area contributed by atoms with Gasteiger partial charge in [-0.3, -0.25) is 9.59 Å². The number of methoxy groups -OCH3 is 1. The molecule has 0 aliphatic heterocycles. The molecule has 0 bridgehead atoms. The summed E-state index contributed by atoms with van der Waals surface area (Å²) in [4.78, 5) is 38.7. The fourth-order valence-electron chi connectivity index (χ4n) is 4.26. The van der Waals surface area contributed by atoms with E-state index in [0.29, 0.717) is 23.5 Å². The van der Waals surface area contributed by atoms with Crippen LogP contribution in [0.25, 0.3) is 0 Å². The molecule has 8 nitrogen and oxygen atoms in total. The lowest BCUT2D eigenvalue weighted by Crippen LogP contribution is -2.51. The monoisotopic (exact) mass is 552 g/mol. The van der Waals surface area contributed by atoms with Crippen molar-refractivity contribution in [2.75, 3.05) is 7.11 Å². The lowest BCUT2D eigenvalue weighted by Gasteiger charge is -2.26. The van der Waals surface area contributed by atoms with Gasteiger partial charge in [-0.1, -0.05) is 91.0 Å². The van der Waals surface area contributed by atoms with Gasteiger partial charge in [0.25, 0.3) is 11.8 Å². The van der Waals surface area contributed by atoms with Crippen LogP contribution < -0.4 is 15.4 Å². The second-order valence-electron chi connectivity index (χ2n) is 9.38. The van der Waals surface area contributed by atoms with Gasteiger partial charge in [-0.2, -0.15) is 0 Å². The Hall–Kier alpha value is -4.95. The van der Waals surface area contributed by atoms with Crippen molar-refractivity contribution in [1.82, 2.24) is 10.6 Å². The summed E-state index contributed by atoms with van der Waals surface area (Å²) in [5.41, 5.74) is 2.70. The quantitative estimate of drug-likeness (QED) is 0.229. The number of rotatable bonds is 12. The van der Waals surface area contributed by atoms with Crippen LogP contribution in [-0.4, -0.2) is 42.1 Å². The maximum atomic E-state index is 13.2. The summed E-state index contributed by atoms with van der Waals surface area (Å²) >= 11 is 0. The molecule has 3 atom stereocenters. The van der Waals surface area contributed by atoms with Crippen molar-refractivity contribution in [2.45, 2.75) is 31.2 Å². The number of aliphatic hydroxyl groups is 1. The zero-order valence-electron chi connectivity index (χ0n) is 22.6. The first-order valence-electron chi connectivity index (χ1n) is 13.2. The maximum Gasteiger partial charge on any atom is 0.328 e. The zero-order chi connectivity index (χ0) is 29.0. The molecule has 4 aromatic rings. The van der Waals surface area contributed by atoms with Crippen LogP contribution in [-0.2, 0) is 27.4 Å². The number of hydrogen-bond donors (Lipinski definition) is 3. The first kappa shape index (κ1) is 29.0. The number of aliphatic hydroxyl groups excluding tert-OH is 1. The van der Waals surface area contributed by atoms with Gasteiger partial charge in [0.1, 0.15) is 18.4 Å². The summed E-state index contributed by atoms with van der Waals surface area (Å²) in [7, 11) is 1.23. The molecular formula is C33H32N2O6. The van der Waals surface area contributed by atoms with E-state index in [-0.39, 0.29) is 6.42 Å². The highest BCUT2D eigenvalue weighted by atomic mass is 16.5. The van der Waals surface area contributed by atoms with E-state index in [9.17, 15) is 19.5 Å². The molecule has 2 amide bonds. The second kappa shape index (κ2) is 14.4. The van der Waals surface area contributed by atoms with Crippen molar-refractivity contribution in [3.63, 3.8) is 0 Å². The molecule has 0 aliphatic carbocycles. The molecule has 3 N–H and O–H groups in total. The molecule has 0 saturated heterocycles. The van der Waals surface area contributed by atoms with Crippen LogP contribution in [0.1, 0.15) is 33.1 Å². The SMILES string of the molecule is COC(=O)[C@@H](Cc1ccc(OCc2ccccc2)cc1)NC(=O)[C@H](O)[C@@H](NC(=O)c1ccccc1)c1ccccc1. The third-order valence-electron chi connectivity index (χ3n) is 6.48. The normalized spacial score (nSPS) is 12.8. The summed E-state index contributed by atoms with van der Waals surface area (Å²) in [6.07, 6.45) is -1.57. The van der Waals surface area contributed by atoms with E-state index in [2.05, 4.69) is 10.6 Å². The molecule has 4 rings (SSSR count). The van der Waals surface area contributed by atoms with Crippen molar-refractivity contribution in [3.8, 4) is 5.75 Å². The van der Waals surface area contributed by atoms with Gasteiger partial charge in [-0.15, -0.1) is 0 Å². The summed E-state index contributed by atoms with van der Waals surface area (Å²) in [5, 5.41) is 16.4. The van der Waals surface area contributed by atoms with E-state index in [1.54, 1.807) is 84.9 Å². The fourth-order valence-corrected chi connectivity index (χ4v) is 4.26. The van der Waals surface area contributed by atoms with Crippen LogP contribution >= 0.6 is 0 Å². The third kappa shape index (κ3) is 8.27. The molecule has 41 heavy (non-hydrogen) atoms. The van der Waals surface area contributed by atoms with Crippen molar-refractivity contribution in [3.05, 3.63) is 138 Å². The van der Waals surface area contributed by atoms with Gasteiger partial charge in [0.05, 0.1) is 13.2 Å². The first-order chi connectivity index (χ1) is 19.9. The van der Waals surface area contributed by atoms with Crippen molar-refractivity contribution < 1.29 is 29.0 Å². The Labute approximate surface area is 238 Å². The predicted molar refractivity (Wildman–Crippen MR) is 154 cm³/mol. The number of benzene rings is 4. The average Bonchev–Trinajstić information content (AvgIpc) is 3.03. The minimum Gasteiger partial charge on any atom is -0.489 e. The smallest absolute Gasteiger partial charge is 0.328 e. The zero-order valence-corrected chi connectivity index (χ0v) is 22.6. The second-order valence-corrected chi connectivity index (χ2v) is 9.38. The Bertz CT molecular complexity index is 1410. The van der Waals surface area contributed by atoms with Crippen LogP contribution in [0, 0.1) is 0 Å². The molecular weight excluding hydrogens is 520 g/mol. The van der Waals surface area contributed by atoms with Gasteiger partial charge in [0, 0.05) is 12.0 Å². The summed E-state index contributed by atoms with van der Waals surface area (Å²) in [5.74, 6) is -1.29. The minimum atomic E-state index is -1.69. The van der Waals surface area contributed by atoms with Gasteiger partial charge < -0.3 is 25.2 Å². The predicted octanol–water partition coefficient (Wildman–Crippen LogP) is 4.00. The highest BCUT2D eigenvalue weighted by Crippen LogP contribution is 2.20. The largest absolute Gasteiger partial charge is 0.489 e. The number of hydrogen-bond acceptors (Lipinski definition) is 6. The summed E-state index contributed by atoms with van der Waals surface area (Å²) < 4.78 is 10.7. The topological polar surface area (TPSA) is 114 Å². The molecule has 0 spiro atoms. The standard InChI is InChI=1S/C33H32N2O6/c1-40-33(39)28(21-23-17-19-27(20-18-23)41-22-24-11-5-2-6-12-24)34-32(38)30(36)29(25-13-7-3-8-14-25)35-31(37)26-15-9-4-10-16-26/h2-20,28-30,36H,21-22H2,1H3,(H,34,38)(H,35,37)/t28-,29+,30-/m1/s1. The molecule has 0 fully saturated rings. The molecule has 0 saturated carbocycles. The van der Waals surface area contributed by atoms with E-state index in [4.69, 9.17) is 9.47 Å². The Kier molecular flexibility index (Phi) is 10.2. The number of ether oxygens (including phenoxy) is 2. The van der Waals surface area contributed by atoms with Gasteiger partial charge in [-0.05, 0) is 41.0 Å². The molecule has 8 heteroatoms. The molecule has 0 heterocycles. The van der Waals surface area contributed by atoms with Crippen LogP contribution in [0.3, 0.4) is 0 Å². The van der Waals surface area contributed by atoms with E-state index >= 15 is 0 Å². The van der Waals surface area contributed by atoms with E-state index < -0.39 is 36.0 Å². The van der Waals surface area contributed by atoms with Crippen molar-refractivity contribution in [1.29, 1.82) is 0 Å². The van der Waals surface area contributed by atoms with Gasteiger partial charge in [0.2, 0.25) is 0 Å². The lowest BCUT2D eigenvalue weighted by atomic mass is 9.99. The number of esters is 1. The Balaban J connectivity index is 1.44. The Morgan fingerprint density at radius 1 is 0.732 bits per heavy atom. The van der Waals surface area contributed by atoms with E-state index in [0.717, 1.165) is 11.1 Å². The van der Waals surface area contributed by atoms with Crippen LogP contribution in [0.15, 0.2) is 115 Å². The highest BCUT2D eigenvalue weighted by molar-refractivity contribution is 5.95. The average molecular weight is 553 g/mol. The number of carbonyl (C=O) groups is 3. The third-order valence-corrected chi connectivity index (χ3v) is 6.48. The summed E-state index contributed by atoms with van der Waals surface area (Å²) in [6, 6.07) is 32.0. The minimum absolute atomic E-state index is 0.122. The van der Waals surface area contributed by atoms with Crippen LogP contribution in [0.5, 0.6) is 5.75 Å². The molecule has 0 aliphatic rings. The van der Waals surface area contributed by atoms with Gasteiger partial charge in [-0.25, -0.2) is 4.79 Å². The van der Waals surface area contributed by atoms with Crippen LogP contribution in [0.2, 0.25) is 0 Å². The fraction of sp³-hybridized carbons (Fsp3) is 0.182. The summed E-state index contributed by atoms with van der Waals surface area (Å²) in [6.45, 7) is 0.419. The number of amides is 2. The number of carbonyl (C=O) groups excluding carboxylic acids is 3. The van der Waals surface area contributed by atoms with E-state index in [1.807, 2.05) is 30.3 Å². The van der Waals surface area contributed by atoms with Crippen LogP contribution in [0.4, 0.5) is 0 Å². The molecule has 0 radical (unpaired) electrons. The first-order valence-corrected chi connectivity index (χ1v) is 13.2. The molecule has 0 aromatic heterocycles. The molecule has 0 unspecified atom stereocenters. The Morgan fingerprint density at radius 2 is 1.32 bits per heavy atom. The number of nitrogens with one attached hydrogen (secondary N) is 2. The molecule has 4 aromatic carbocycles.